The van der Waals surface area contributed by atoms with Crippen LogP contribution in [0.5, 0.6) is 0 Å². The zero-order valence-electron chi connectivity index (χ0n) is 8.52. The van der Waals surface area contributed by atoms with Crippen LogP contribution < -0.4 is 5.32 Å². The summed E-state index contributed by atoms with van der Waals surface area (Å²) < 4.78 is 0. The molecule has 13 heavy (non-hydrogen) atoms. The van der Waals surface area contributed by atoms with Crippen molar-refractivity contribution in [2.24, 2.45) is 11.3 Å². The largest absolute Gasteiger partial charge is 0.314 e. The molecule has 0 unspecified atom stereocenters. The van der Waals surface area contributed by atoms with Crippen LogP contribution in [0.3, 0.4) is 0 Å². The highest BCUT2D eigenvalue weighted by molar-refractivity contribution is 4.97. The van der Waals surface area contributed by atoms with Crippen molar-refractivity contribution in [3.63, 3.8) is 0 Å². The molecule has 0 aliphatic heterocycles. The van der Waals surface area contributed by atoms with E-state index in [9.17, 15) is 0 Å². The Kier molecular flexibility index (Phi) is 1.90. The van der Waals surface area contributed by atoms with Gasteiger partial charge in [-0.15, -0.1) is 0 Å². The fourth-order valence-electron chi connectivity index (χ4n) is 2.77. The summed E-state index contributed by atoms with van der Waals surface area (Å²) in [5.74, 6) is 1.05. The number of hydrogen-bond donors (Lipinski definition) is 1. The Hall–Kier alpha value is -0.0400. The lowest BCUT2D eigenvalue weighted by Gasteiger charge is -2.29. The van der Waals surface area contributed by atoms with Crippen molar-refractivity contribution >= 4 is 0 Å². The maximum atomic E-state index is 3.75. The van der Waals surface area contributed by atoms with Crippen LogP contribution in [0.2, 0.25) is 0 Å². The van der Waals surface area contributed by atoms with Crippen LogP contribution in [0.25, 0.3) is 0 Å². The Morgan fingerprint density at radius 1 is 0.923 bits per heavy atom. The molecule has 0 saturated heterocycles. The van der Waals surface area contributed by atoms with Crippen molar-refractivity contribution < 1.29 is 0 Å². The molecule has 1 nitrogen and oxygen atoms in total. The first-order chi connectivity index (χ1) is 6.36. The highest BCUT2D eigenvalue weighted by Crippen LogP contribution is 2.56. The molecule has 0 aromatic rings. The predicted molar refractivity (Wildman–Crippen MR) is 54.6 cm³/mol. The van der Waals surface area contributed by atoms with Crippen LogP contribution in [0, 0.1) is 11.3 Å². The lowest BCUT2D eigenvalue weighted by Crippen LogP contribution is -2.34. The second-order valence-corrected chi connectivity index (χ2v) is 5.63. The van der Waals surface area contributed by atoms with Crippen LogP contribution in [-0.4, -0.2) is 12.6 Å². The van der Waals surface area contributed by atoms with Gasteiger partial charge in [-0.3, -0.25) is 0 Å². The smallest absolute Gasteiger partial charge is 0.00675 e. The molecule has 1 N–H and O–H groups in total. The van der Waals surface area contributed by atoms with Gasteiger partial charge in [0.1, 0.15) is 0 Å². The minimum atomic E-state index is 0.873. The van der Waals surface area contributed by atoms with Crippen LogP contribution in [-0.2, 0) is 0 Å². The molecule has 0 aromatic heterocycles. The van der Waals surface area contributed by atoms with Crippen molar-refractivity contribution in [2.75, 3.05) is 6.54 Å². The third-order valence-electron chi connectivity index (χ3n) is 4.40. The predicted octanol–water partition coefficient (Wildman–Crippen LogP) is 2.71. The van der Waals surface area contributed by atoms with Gasteiger partial charge in [0.25, 0.3) is 0 Å². The summed E-state index contributed by atoms with van der Waals surface area (Å²) in [6.07, 6.45) is 12.0. The normalized spacial score (nSPS) is 32.3. The summed E-state index contributed by atoms with van der Waals surface area (Å²) in [5.41, 5.74) is 0.873. The summed E-state index contributed by atoms with van der Waals surface area (Å²) >= 11 is 0. The van der Waals surface area contributed by atoms with Crippen LogP contribution in [0.1, 0.15) is 51.4 Å². The van der Waals surface area contributed by atoms with Crippen LogP contribution in [0.15, 0.2) is 0 Å². The average Bonchev–Trinajstić information content (AvgIpc) is 3.01. The van der Waals surface area contributed by atoms with E-state index in [2.05, 4.69) is 5.32 Å². The molecule has 3 saturated carbocycles. The zero-order chi connectivity index (χ0) is 8.73. The minimum Gasteiger partial charge on any atom is -0.314 e. The maximum absolute atomic E-state index is 3.75. The lowest BCUT2D eigenvalue weighted by atomic mass is 9.83. The molecule has 0 heterocycles. The first kappa shape index (κ1) is 8.28. The lowest BCUT2D eigenvalue weighted by molar-refractivity contribution is 0.273. The molecular weight excluding hydrogens is 158 g/mol. The average molecular weight is 179 g/mol. The van der Waals surface area contributed by atoms with E-state index < -0.39 is 0 Å². The quantitative estimate of drug-likeness (QED) is 0.702. The first-order valence-corrected chi connectivity index (χ1v) is 6.10. The monoisotopic (exact) mass is 179 g/mol. The Labute approximate surface area is 81.3 Å². The van der Waals surface area contributed by atoms with Gasteiger partial charge in [-0.2, -0.15) is 0 Å². The van der Waals surface area contributed by atoms with E-state index in [1.165, 1.54) is 45.1 Å². The van der Waals surface area contributed by atoms with Gasteiger partial charge in [-0.1, -0.05) is 0 Å². The van der Waals surface area contributed by atoms with E-state index in [0.717, 1.165) is 17.4 Å². The fraction of sp³-hybridized carbons (Fsp3) is 1.00. The van der Waals surface area contributed by atoms with E-state index in [-0.39, 0.29) is 0 Å². The minimum absolute atomic E-state index is 0.873. The van der Waals surface area contributed by atoms with Gasteiger partial charge in [0, 0.05) is 6.04 Å². The van der Waals surface area contributed by atoms with E-state index in [4.69, 9.17) is 0 Å². The van der Waals surface area contributed by atoms with Gasteiger partial charge in [0.05, 0.1) is 0 Å². The number of nitrogens with one attached hydrogen (secondary N) is 1. The van der Waals surface area contributed by atoms with E-state index in [1.54, 1.807) is 12.8 Å². The van der Waals surface area contributed by atoms with Gasteiger partial charge in [0.15, 0.2) is 0 Å². The molecule has 1 spiro atoms. The SMILES string of the molecule is C1CC1CNC1CCC2(CC1)CC2. The summed E-state index contributed by atoms with van der Waals surface area (Å²) in [6.45, 7) is 1.32. The summed E-state index contributed by atoms with van der Waals surface area (Å²) in [5, 5.41) is 3.75. The molecule has 3 aliphatic carbocycles. The highest BCUT2D eigenvalue weighted by Gasteiger charge is 2.44. The van der Waals surface area contributed by atoms with Gasteiger partial charge < -0.3 is 5.32 Å². The third-order valence-corrected chi connectivity index (χ3v) is 4.40. The molecule has 3 rings (SSSR count). The highest BCUT2D eigenvalue weighted by atomic mass is 14.9. The standard InChI is InChI=1S/C12H21N/c1-2-10(1)9-13-11-3-5-12(6-4-11)7-8-12/h10-11,13H,1-9H2. The van der Waals surface area contributed by atoms with Crippen LogP contribution in [0.4, 0.5) is 0 Å². The number of hydrogen-bond acceptors (Lipinski definition) is 1. The second kappa shape index (κ2) is 2.98. The Balaban J connectivity index is 1.40. The summed E-state index contributed by atoms with van der Waals surface area (Å²) in [6, 6.07) is 0.881. The maximum Gasteiger partial charge on any atom is 0.00675 e. The molecular formula is C12H21N. The topological polar surface area (TPSA) is 12.0 Å². The summed E-state index contributed by atoms with van der Waals surface area (Å²) in [7, 11) is 0. The molecule has 0 bridgehead atoms. The van der Waals surface area contributed by atoms with E-state index in [0.29, 0.717) is 0 Å². The Morgan fingerprint density at radius 3 is 2.15 bits per heavy atom. The van der Waals surface area contributed by atoms with Gasteiger partial charge in [0.2, 0.25) is 0 Å². The zero-order valence-corrected chi connectivity index (χ0v) is 8.52. The molecule has 0 aromatic carbocycles. The molecule has 3 aliphatic rings. The molecule has 3 fully saturated rings. The molecule has 1 heteroatoms. The Morgan fingerprint density at radius 2 is 1.62 bits per heavy atom. The second-order valence-electron chi connectivity index (χ2n) is 5.63. The van der Waals surface area contributed by atoms with Crippen molar-refractivity contribution in [2.45, 2.75) is 57.4 Å². The molecule has 0 amide bonds. The first-order valence-electron chi connectivity index (χ1n) is 6.10. The van der Waals surface area contributed by atoms with Crippen molar-refractivity contribution in [3.05, 3.63) is 0 Å². The van der Waals surface area contributed by atoms with Gasteiger partial charge >= 0.3 is 0 Å². The van der Waals surface area contributed by atoms with Crippen LogP contribution >= 0.6 is 0 Å². The fourth-order valence-corrected chi connectivity index (χ4v) is 2.77. The van der Waals surface area contributed by atoms with Gasteiger partial charge in [-0.05, 0) is 69.2 Å². The van der Waals surface area contributed by atoms with Gasteiger partial charge in [-0.25, -0.2) is 0 Å². The molecule has 0 atom stereocenters. The van der Waals surface area contributed by atoms with Crippen molar-refractivity contribution in [1.82, 2.24) is 5.32 Å². The van der Waals surface area contributed by atoms with E-state index in [1.807, 2.05) is 0 Å². The number of rotatable bonds is 3. The molecule has 0 radical (unpaired) electrons. The molecule has 74 valence electrons. The Bertz CT molecular complexity index is 179. The van der Waals surface area contributed by atoms with Crippen molar-refractivity contribution in [3.8, 4) is 0 Å². The third kappa shape index (κ3) is 1.90. The summed E-state index contributed by atoms with van der Waals surface area (Å²) in [4.78, 5) is 0. The van der Waals surface area contributed by atoms with E-state index >= 15 is 0 Å². The van der Waals surface area contributed by atoms with Crippen molar-refractivity contribution in [1.29, 1.82) is 0 Å².